The van der Waals surface area contributed by atoms with Crippen LogP contribution in [0.1, 0.15) is 5.56 Å². The van der Waals surface area contributed by atoms with E-state index in [1.54, 1.807) is 18.2 Å². The van der Waals surface area contributed by atoms with Gasteiger partial charge in [0.05, 0.1) is 0 Å². The Bertz CT molecular complexity index is 262. The van der Waals surface area contributed by atoms with E-state index in [2.05, 4.69) is 0 Å². The van der Waals surface area contributed by atoms with Crippen molar-refractivity contribution >= 4 is 5.84 Å². The summed E-state index contributed by atoms with van der Waals surface area (Å²) in [6.07, 6.45) is 0. The highest BCUT2D eigenvalue weighted by Gasteiger charge is 2.04. The van der Waals surface area contributed by atoms with Gasteiger partial charge in [0.1, 0.15) is 11.3 Å². The van der Waals surface area contributed by atoms with Gasteiger partial charge in [-0.15, -0.1) is 0 Å². The fraction of sp³-hybridized carbons (Fsp3) is 0. The molecular formula is C7H9ClN2O. The van der Waals surface area contributed by atoms with E-state index in [0.29, 0.717) is 5.56 Å². The third-order valence-corrected chi connectivity index (χ3v) is 1.22. The first-order valence-corrected chi connectivity index (χ1v) is 2.88. The third kappa shape index (κ3) is 2.13. The normalized spacial score (nSPS) is 8.36. The zero-order chi connectivity index (χ0) is 7.56. The summed E-state index contributed by atoms with van der Waals surface area (Å²) >= 11 is 0. The smallest absolute Gasteiger partial charge is 0.274 e. The number of phenolic OH excluding ortho intramolecular Hbond substituents is 1. The predicted molar refractivity (Wildman–Crippen MR) is 38.3 cm³/mol. The molecule has 0 aromatic heterocycles. The summed E-state index contributed by atoms with van der Waals surface area (Å²) in [5.41, 5.74) is 5.74. The van der Waals surface area contributed by atoms with Gasteiger partial charge in [-0.25, -0.2) is 0 Å². The van der Waals surface area contributed by atoms with Crippen LogP contribution in [-0.4, -0.2) is 10.9 Å². The van der Waals surface area contributed by atoms with E-state index in [9.17, 15) is 0 Å². The Morgan fingerprint density at radius 3 is 2.27 bits per heavy atom. The lowest BCUT2D eigenvalue weighted by Gasteiger charge is -1.94. The lowest BCUT2D eigenvalue weighted by Crippen LogP contribution is -3.00. The van der Waals surface area contributed by atoms with Gasteiger partial charge in [-0.1, -0.05) is 12.1 Å². The van der Waals surface area contributed by atoms with Crippen LogP contribution < -0.4 is 23.5 Å². The number of hydrogen-bond acceptors (Lipinski definition) is 1. The molecule has 0 saturated carbocycles. The van der Waals surface area contributed by atoms with E-state index in [0.717, 1.165) is 0 Å². The van der Waals surface area contributed by atoms with Crippen LogP contribution in [0.3, 0.4) is 0 Å². The molecule has 3 nitrogen and oxygen atoms in total. The van der Waals surface area contributed by atoms with Crippen LogP contribution in [0.5, 0.6) is 5.75 Å². The molecule has 0 unspecified atom stereocenters. The van der Waals surface area contributed by atoms with Crippen molar-refractivity contribution in [3.63, 3.8) is 0 Å². The lowest BCUT2D eigenvalue weighted by molar-refractivity contribution is -0.114. The Morgan fingerprint density at radius 2 is 1.91 bits per heavy atom. The Kier molecular flexibility index (Phi) is 3.40. The monoisotopic (exact) mass is 172 g/mol. The van der Waals surface area contributed by atoms with Crippen molar-refractivity contribution in [3.8, 4) is 5.75 Å². The largest absolute Gasteiger partial charge is 1.00 e. The molecule has 5 N–H and O–H groups in total. The van der Waals surface area contributed by atoms with Crippen LogP contribution in [0.4, 0.5) is 0 Å². The topological polar surface area (TPSA) is 71.8 Å². The second kappa shape index (κ2) is 3.83. The SMILES string of the molecule is NC(=[NH2+])c1ccccc1O.[Cl-]. The highest BCUT2D eigenvalue weighted by atomic mass is 35.5. The number of aromatic hydroxyl groups is 1. The van der Waals surface area contributed by atoms with Gasteiger partial charge in [-0.05, 0) is 12.1 Å². The minimum Gasteiger partial charge on any atom is -1.00 e. The van der Waals surface area contributed by atoms with Crippen LogP contribution in [0.15, 0.2) is 24.3 Å². The second-order valence-electron chi connectivity index (χ2n) is 1.97. The van der Waals surface area contributed by atoms with Gasteiger partial charge >= 0.3 is 0 Å². The molecule has 0 aliphatic heterocycles. The third-order valence-electron chi connectivity index (χ3n) is 1.22. The van der Waals surface area contributed by atoms with Crippen molar-refractivity contribution in [2.75, 3.05) is 0 Å². The number of rotatable bonds is 1. The first-order valence-electron chi connectivity index (χ1n) is 2.88. The second-order valence-corrected chi connectivity index (χ2v) is 1.97. The number of nitrogens with two attached hydrogens (primary N) is 2. The molecule has 0 saturated heterocycles. The van der Waals surface area contributed by atoms with Gasteiger partial charge in [0.2, 0.25) is 0 Å². The summed E-state index contributed by atoms with van der Waals surface area (Å²) < 4.78 is 0. The van der Waals surface area contributed by atoms with Gasteiger partial charge in [0, 0.05) is 0 Å². The molecule has 0 aliphatic rings. The minimum atomic E-state index is 0. The summed E-state index contributed by atoms with van der Waals surface area (Å²) in [5.74, 6) is 0.251. The molecule has 1 rings (SSSR count). The summed E-state index contributed by atoms with van der Waals surface area (Å²) in [6.45, 7) is 0. The molecule has 11 heavy (non-hydrogen) atoms. The quantitative estimate of drug-likeness (QED) is 0.298. The first kappa shape index (κ1) is 9.78. The highest BCUT2D eigenvalue weighted by Crippen LogP contribution is 2.12. The number of halogens is 1. The first-order chi connectivity index (χ1) is 4.72. The average molecular weight is 173 g/mol. The van der Waals surface area contributed by atoms with E-state index >= 15 is 0 Å². The van der Waals surface area contributed by atoms with Gasteiger partial charge in [-0.3, -0.25) is 11.1 Å². The van der Waals surface area contributed by atoms with E-state index in [1.165, 1.54) is 6.07 Å². The molecule has 0 bridgehead atoms. The van der Waals surface area contributed by atoms with Crippen molar-refractivity contribution in [2.24, 2.45) is 5.73 Å². The van der Waals surface area contributed by atoms with Crippen LogP contribution >= 0.6 is 0 Å². The molecular weight excluding hydrogens is 164 g/mol. The molecule has 1 aromatic rings. The van der Waals surface area contributed by atoms with Crippen molar-refractivity contribution in [1.82, 2.24) is 0 Å². The molecule has 0 fully saturated rings. The molecule has 60 valence electrons. The van der Waals surface area contributed by atoms with Gasteiger partial charge in [0.25, 0.3) is 5.84 Å². The molecule has 0 amide bonds. The number of phenols is 1. The van der Waals surface area contributed by atoms with E-state index < -0.39 is 0 Å². The van der Waals surface area contributed by atoms with Gasteiger partial charge in [-0.2, -0.15) is 0 Å². The molecule has 1 aromatic carbocycles. The molecule has 0 atom stereocenters. The van der Waals surface area contributed by atoms with Crippen molar-refractivity contribution < 1.29 is 22.9 Å². The number of para-hydroxylation sites is 1. The molecule has 0 aliphatic carbocycles. The van der Waals surface area contributed by atoms with Crippen LogP contribution in [0, 0.1) is 0 Å². The van der Waals surface area contributed by atoms with E-state index in [-0.39, 0.29) is 24.0 Å². The average Bonchev–Trinajstić information content (AvgIpc) is 1.88. The fourth-order valence-corrected chi connectivity index (χ4v) is 0.718. The number of benzene rings is 1. The fourth-order valence-electron chi connectivity index (χ4n) is 0.718. The minimum absolute atomic E-state index is 0. The van der Waals surface area contributed by atoms with Crippen molar-refractivity contribution in [1.29, 1.82) is 0 Å². The number of amidine groups is 1. The van der Waals surface area contributed by atoms with E-state index in [4.69, 9.17) is 16.2 Å². The summed E-state index contributed by atoms with van der Waals surface area (Å²) in [7, 11) is 0. The Labute approximate surface area is 70.8 Å². The lowest BCUT2D eigenvalue weighted by atomic mass is 10.2. The molecule has 0 heterocycles. The number of hydrogen-bond donors (Lipinski definition) is 3. The highest BCUT2D eigenvalue weighted by molar-refractivity contribution is 5.95. The molecule has 0 spiro atoms. The predicted octanol–water partition coefficient (Wildman–Crippen LogP) is -4.14. The molecule has 0 radical (unpaired) electrons. The van der Waals surface area contributed by atoms with Gasteiger partial charge < -0.3 is 17.5 Å². The Balaban J connectivity index is 0.000001000. The van der Waals surface area contributed by atoms with Crippen LogP contribution in [-0.2, 0) is 0 Å². The maximum Gasteiger partial charge on any atom is 0.274 e. The Hall–Kier alpha value is -1.22. The zero-order valence-electron chi connectivity index (χ0n) is 5.79. The maximum absolute atomic E-state index is 9.10. The standard InChI is InChI=1S/C7H8N2O.ClH/c8-7(9)5-3-1-2-4-6(5)10;/h1-4,10H,(H3,8,9);1H. The zero-order valence-corrected chi connectivity index (χ0v) is 6.55. The van der Waals surface area contributed by atoms with Crippen molar-refractivity contribution in [2.45, 2.75) is 0 Å². The van der Waals surface area contributed by atoms with Crippen molar-refractivity contribution in [3.05, 3.63) is 29.8 Å². The summed E-state index contributed by atoms with van der Waals surface area (Å²) in [5, 5.41) is 14.3. The Morgan fingerprint density at radius 1 is 1.36 bits per heavy atom. The summed E-state index contributed by atoms with van der Waals surface area (Å²) in [6, 6.07) is 6.66. The maximum atomic E-state index is 9.10. The summed E-state index contributed by atoms with van der Waals surface area (Å²) in [4.78, 5) is 0. The van der Waals surface area contributed by atoms with Crippen LogP contribution in [0.2, 0.25) is 0 Å². The van der Waals surface area contributed by atoms with Crippen LogP contribution in [0.25, 0.3) is 0 Å². The molecule has 4 heteroatoms. The van der Waals surface area contributed by atoms with Gasteiger partial charge in [0.15, 0.2) is 0 Å². The van der Waals surface area contributed by atoms with E-state index in [1.807, 2.05) is 0 Å².